The average molecular weight is 232 g/mol. The van der Waals surface area contributed by atoms with E-state index in [1.54, 1.807) is 6.92 Å². The van der Waals surface area contributed by atoms with Gasteiger partial charge in [0, 0.05) is 6.04 Å². The van der Waals surface area contributed by atoms with Crippen molar-refractivity contribution >= 4 is 10.0 Å². The lowest BCUT2D eigenvalue weighted by molar-refractivity contribution is 0.508. The number of sulfonamides is 1. The molecule has 0 aliphatic heterocycles. The summed E-state index contributed by atoms with van der Waals surface area (Å²) >= 11 is 0. The molecule has 88 valence electrons. The lowest BCUT2D eigenvalue weighted by atomic mass is 10.1. The molecule has 4 nitrogen and oxygen atoms in total. The van der Waals surface area contributed by atoms with Crippen LogP contribution < -0.4 is 4.72 Å². The van der Waals surface area contributed by atoms with Gasteiger partial charge in [0.15, 0.2) is 5.25 Å². The Morgan fingerprint density at radius 3 is 2.20 bits per heavy atom. The minimum absolute atomic E-state index is 0.0394. The molecule has 0 aromatic carbocycles. The topological polar surface area (TPSA) is 70.0 Å². The van der Waals surface area contributed by atoms with Crippen molar-refractivity contribution in [3.63, 3.8) is 0 Å². The summed E-state index contributed by atoms with van der Waals surface area (Å²) in [6.45, 7) is 5.66. The highest BCUT2D eigenvalue weighted by Crippen LogP contribution is 2.08. The zero-order valence-electron chi connectivity index (χ0n) is 9.66. The van der Waals surface area contributed by atoms with Crippen LogP contribution in [0.4, 0.5) is 0 Å². The van der Waals surface area contributed by atoms with Gasteiger partial charge in [-0.25, -0.2) is 13.1 Å². The van der Waals surface area contributed by atoms with Crippen molar-refractivity contribution < 1.29 is 8.42 Å². The molecule has 15 heavy (non-hydrogen) atoms. The number of nitrogens with one attached hydrogen (secondary N) is 1. The summed E-state index contributed by atoms with van der Waals surface area (Å²) in [5, 5.41) is 7.78. The van der Waals surface area contributed by atoms with E-state index >= 15 is 0 Å². The fourth-order valence-electron chi connectivity index (χ4n) is 1.39. The van der Waals surface area contributed by atoms with Crippen LogP contribution in [0, 0.1) is 11.3 Å². The standard InChI is InChI=1S/C10H20N2O2S/c1-4-7-9(5-2)12-15(13,14)10(6-3)8-11/h9-10,12H,4-7H2,1-3H3. The van der Waals surface area contributed by atoms with E-state index < -0.39 is 15.3 Å². The number of hydrogen-bond acceptors (Lipinski definition) is 3. The minimum Gasteiger partial charge on any atom is -0.211 e. The van der Waals surface area contributed by atoms with Crippen LogP contribution >= 0.6 is 0 Å². The lowest BCUT2D eigenvalue weighted by Crippen LogP contribution is -2.40. The van der Waals surface area contributed by atoms with Gasteiger partial charge in [0.05, 0.1) is 6.07 Å². The Morgan fingerprint density at radius 2 is 1.87 bits per heavy atom. The van der Waals surface area contributed by atoms with Crippen LogP contribution in [0.15, 0.2) is 0 Å². The van der Waals surface area contributed by atoms with Crippen LogP contribution in [0.1, 0.15) is 46.5 Å². The van der Waals surface area contributed by atoms with Crippen LogP contribution in [-0.2, 0) is 10.0 Å². The van der Waals surface area contributed by atoms with E-state index in [1.165, 1.54) is 0 Å². The maximum atomic E-state index is 11.7. The largest absolute Gasteiger partial charge is 0.228 e. The molecule has 0 saturated heterocycles. The van der Waals surface area contributed by atoms with Crippen molar-refractivity contribution in [1.29, 1.82) is 5.26 Å². The fraction of sp³-hybridized carbons (Fsp3) is 0.900. The Hall–Kier alpha value is -0.600. The van der Waals surface area contributed by atoms with E-state index in [4.69, 9.17) is 5.26 Å². The summed E-state index contributed by atoms with van der Waals surface area (Å²) in [7, 11) is -3.47. The molecule has 0 aliphatic rings. The van der Waals surface area contributed by atoms with Crippen molar-refractivity contribution in [3.05, 3.63) is 0 Å². The Labute approximate surface area is 92.7 Å². The van der Waals surface area contributed by atoms with E-state index in [-0.39, 0.29) is 6.04 Å². The third-order valence-electron chi connectivity index (χ3n) is 2.35. The molecular formula is C10H20N2O2S. The molecule has 2 atom stereocenters. The van der Waals surface area contributed by atoms with E-state index in [1.807, 2.05) is 19.9 Å². The number of nitriles is 1. The lowest BCUT2D eigenvalue weighted by Gasteiger charge is -2.17. The van der Waals surface area contributed by atoms with Gasteiger partial charge in [-0.3, -0.25) is 0 Å². The SMILES string of the molecule is CCCC(CC)NS(=O)(=O)C(C#N)CC. The molecular weight excluding hydrogens is 212 g/mol. The second-order valence-corrected chi connectivity index (χ2v) is 5.48. The van der Waals surface area contributed by atoms with E-state index in [0.717, 1.165) is 19.3 Å². The zero-order valence-corrected chi connectivity index (χ0v) is 10.5. The molecule has 0 aliphatic carbocycles. The summed E-state index contributed by atoms with van der Waals surface area (Å²) < 4.78 is 26.0. The second kappa shape index (κ2) is 6.81. The minimum atomic E-state index is -3.47. The van der Waals surface area contributed by atoms with Gasteiger partial charge in [-0.15, -0.1) is 0 Å². The predicted molar refractivity (Wildman–Crippen MR) is 60.7 cm³/mol. The first-order valence-corrected chi connectivity index (χ1v) is 6.97. The molecule has 2 unspecified atom stereocenters. The zero-order chi connectivity index (χ0) is 11.9. The molecule has 0 heterocycles. The smallest absolute Gasteiger partial charge is 0.211 e. The monoisotopic (exact) mass is 232 g/mol. The molecule has 5 heteroatoms. The normalized spacial score (nSPS) is 15.6. The van der Waals surface area contributed by atoms with Crippen LogP contribution in [0.3, 0.4) is 0 Å². The van der Waals surface area contributed by atoms with E-state index in [9.17, 15) is 8.42 Å². The van der Waals surface area contributed by atoms with Crippen LogP contribution in [-0.4, -0.2) is 19.7 Å². The van der Waals surface area contributed by atoms with Gasteiger partial charge in [-0.1, -0.05) is 27.2 Å². The van der Waals surface area contributed by atoms with Crippen molar-refractivity contribution in [2.75, 3.05) is 0 Å². The Balaban J connectivity index is 4.55. The summed E-state index contributed by atoms with van der Waals surface area (Å²) in [5.74, 6) is 0. The fourth-order valence-corrected chi connectivity index (χ4v) is 2.88. The Morgan fingerprint density at radius 1 is 1.27 bits per heavy atom. The van der Waals surface area contributed by atoms with Gasteiger partial charge >= 0.3 is 0 Å². The third kappa shape index (κ3) is 4.63. The number of rotatable bonds is 7. The van der Waals surface area contributed by atoms with Crippen molar-refractivity contribution in [2.45, 2.75) is 57.7 Å². The van der Waals surface area contributed by atoms with Crippen molar-refractivity contribution in [2.24, 2.45) is 0 Å². The van der Waals surface area contributed by atoms with Gasteiger partial charge < -0.3 is 0 Å². The highest BCUT2D eigenvalue weighted by Gasteiger charge is 2.25. The number of hydrogen-bond donors (Lipinski definition) is 1. The van der Waals surface area contributed by atoms with Crippen LogP contribution in [0.2, 0.25) is 0 Å². The van der Waals surface area contributed by atoms with Gasteiger partial charge in [0.2, 0.25) is 10.0 Å². The highest BCUT2D eigenvalue weighted by molar-refractivity contribution is 7.90. The van der Waals surface area contributed by atoms with Gasteiger partial charge in [-0.05, 0) is 19.3 Å². The van der Waals surface area contributed by atoms with E-state index in [2.05, 4.69) is 4.72 Å². The molecule has 0 bridgehead atoms. The van der Waals surface area contributed by atoms with Gasteiger partial charge in [-0.2, -0.15) is 5.26 Å². The molecule has 0 fully saturated rings. The average Bonchev–Trinajstić information content (AvgIpc) is 2.18. The summed E-state index contributed by atoms with van der Waals surface area (Å²) in [4.78, 5) is 0. The molecule has 0 aromatic heterocycles. The van der Waals surface area contributed by atoms with Crippen LogP contribution in [0.25, 0.3) is 0 Å². The summed E-state index contributed by atoms with van der Waals surface area (Å²) in [6.07, 6.45) is 2.84. The molecule has 0 spiro atoms. The highest BCUT2D eigenvalue weighted by atomic mass is 32.2. The predicted octanol–water partition coefficient (Wildman–Crippen LogP) is 1.79. The third-order valence-corrected chi connectivity index (χ3v) is 4.20. The van der Waals surface area contributed by atoms with Crippen molar-refractivity contribution in [3.8, 4) is 6.07 Å². The molecule has 0 amide bonds. The van der Waals surface area contributed by atoms with Gasteiger partial charge in [0.1, 0.15) is 0 Å². The quantitative estimate of drug-likeness (QED) is 0.727. The first kappa shape index (κ1) is 14.4. The summed E-state index contributed by atoms with van der Waals surface area (Å²) in [5.41, 5.74) is 0. The molecule has 0 rings (SSSR count). The first-order chi connectivity index (χ1) is 7.01. The molecule has 0 radical (unpaired) electrons. The Kier molecular flexibility index (Phi) is 6.53. The summed E-state index contributed by atoms with van der Waals surface area (Å²) in [6, 6.07) is 1.77. The van der Waals surface area contributed by atoms with Crippen molar-refractivity contribution in [1.82, 2.24) is 4.72 Å². The Bertz CT molecular complexity index is 306. The first-order valence-electron chi connectivity index (χ1n) is 5.42. The maximum absolute atomic E-state index is 11.7. The number of nitrogens with zero attached hydrogens (tertiary/aromatic N) is 1. The maximum Gasteiger partial charge on any atom is 0.228 e. The molecule has 1 N–H and O–H groups in total. The second-order valence-electron chi connectivity index (χ2n) is 3.58. The molecule has 0 saturated carbocycles. The van der Waals surface area contributed by atoms with E-state index in [0.29, 0.717) is 6.42 Å². The molecule has 0 aromatic rings. The van der Waals surface area contributed by atoms with Gasteiger partial charge in [0.25, 0.3) is 0 Å². The van der Waals surface area contributed by atoms with Crippen LogP contribution in [0.5, 0.6) is 0 Å².